The third-order valence-electron chi connectivity index (χ3n) is 12.5. The first-order chi connectivity index (χ1) is 19.0. The van der Waals surface area contributed by atoms with Crippen LogP contribution in [-0.4, -0.2) is 73.5 Å². The zero-order chi connectivity index (χ0) is 29.1. The van der Waals surface area contributed by atoms with Gasteiger partial charge in [-0.2, -0.15) is 0 Å². The van der Waals surface area contributed by atoms with E-state index < -0.39 is 0 Å². The Morgan fingerprint density at radius 2 is 1.73 bits per heavy atom. The number of nitrogens with one attached hydrogen (secondary N) is 1. The van der Waals surface area contributed by atoms with Crippen molar-refractivity contribution in [2.24, 2.45) is 57.8 Å². The number of carbonyl (C=O) groups excluding carboxylic acids is 1. The quantitative estimate of drug-likeness (QED) is 0.249. The van der Waals surface area contributed by atoms with Crippen molar-refractivity contribution in [1.29, 1.82) is 0 Å². The summed E-state index contributed by atoms with van der Waals surface area (Å²) in [4.78, 5) is 14.6. The number of fused-ring (bicyclic) bond motifs is 5. The minimum Gasteiger partial charge on any atom is -0.463 e. The summed E-state index contributed by atoms with van der Waals surface area (Å²) in [5, 5.41) is 15.8. The molecule has 7 nitrogen and oxygen atoms in total. The van der Waals surface area contributed by atoms with Gasteiger partial charge in [-0.25, -0.2) is 0 Å². The van der Waals surface area contributed by atoms with Crippen LogP contribution in [-0.2, 0) is 9.53 Å². The van der Waals surface area contributed by atoms with Crippen molar-refractivity contribution in [3.05, 3.63) is 0 Å². The van der Waals surface area contributed by atoms with Crippen molar-refractivity contribution in [3.8, 4) is 0 Å². The van der Waals surface area contributed by atoms with Gasteiger partial charge in [-0.05, 0) is 118 Å². The number of esters is 1. The highest BCUT2D eigenvalue weighted by atomic mass is 16.5. The summed E-state index contributed by atoms with van der Waals surface area (Å²) in [5.41, 5.74) is 11.9. The van der Waals surface area contributed by atoms with Gasteiger partial charge in [0.05, 0.1) is 12.2 Å². The smallest absolute Gasteiger partial charge is 0.306 e. The van der Waals surface area contributed by atoms with E-state index in [4.69, 9.17) is 16.2 Å². The maximum atomic E-state index is 12.2. The highest BCUT2D eigenvalue weighted by Gasteiger charge is 2.63. The van der Waals surface area contributed by atoms with Crippen molar-refractivity contribution >= 4 is 5.97 Å². The fourth-order valence-corrected chi connectivity index (χ4v) is 10.4. The number of aliphatic hydroxyl groups excluding tert-OH is 1. The van der Waals surface area contributed by atoms with Crippen molar-refractivity contribution in [2.45, 2.75) is 117 Å². The molecule has 4 saturated carbocycles. The number of hydrogen-bond donors (Lipinski definition) is 4. The molecule has 4 rings (SSSR count). The highest BCUT2D eigenvalue weighted by Crippen LogP contribution is 2.68. The molecule has 4 aliphatic carbocycles. The molecular weight excluding hydrogens is 500 g/mol. The minimum atomic E-state index is -0.237. The fraction of sp³-hybridized carbons (Fsp3) is 0.970. The molecule has 0 aromatic carbocycles. The van der Waals surface area contributed by atoms with Crippen LogP contribution in [0.25, 0.3) is 0 Å². The van der Waals surface area contributed by atoms with Crippen LogP contribution >= 0.6 is 0 Å². The molecule has 40 heavy (non-hydrogen) atoms. The van der Waals surface area contributed by atoms with Crippen LogP contribution in [0.15, 0.2) is 0 Å². The number of nitrogens with two attached hydrogens (primary N) is 2. The molecule has 0 bridgehead atoms. The Balaban J connectivity index is 1.35. The van der Waals surface area contributed by atoms with E-state index in [1.54, 1.807) is 0 Å². The lowest BCUT2D eigenvalue weighted by Gasteiger charge is -2.62. The second-order valence-electron chi connectivity index (χ2n) is 14.9. The normalized spacial score (nSPS) is 40.0. The maximum absolute atomic E-state index is 12.2. The molecule has 4 aliphatic rings. The van der Waals surface area contributed by atoms with E-state index in [2.05, 4.69) is 31.0 Å². The predicted octanol–water partition coefficient (Wildman–Crippen LogP) is 4.16. The lowest BCUT2D eigenvalue weighted by Crippen LogP contribution is -2.59. The lowest BCUT2D eigenvalue weighted by molar-refractivity contribution is -0.170. The number of hydrogen-bond acceptors (Lipinski definition) is 7. The summed E-state index contributed by atoms with van der Waals surface area (Å²) in [6.07, 6.45) is 10.9. The minimum absolute atomic E-state index is 0.0244. The topological polar surface area (TPSA) is 114 Å². The van der Waals surface area contributed by atoms with Gasteiger partial charge in [-0.1, -0.05) is 20.8 Å². The molecule has 0 aromatic heterocycles. The molecule has 0 amide bonds. The highest BCUT2D eigenvalue weighted by molar-refractivity contribution is 5.69. The van der Waals surface area contributed by atoms with Gasteiger partial charge in [0.15, 0.2) is 0 Å². The summed E-state index contributed by atoms with van der Waals surface area (Å²) in [7, 11) is 0. The standard InChI is InChI=1S/C33H62N4O3/c1-22(2)40-31(39)11-6-23(3)27-9-10-28-26-8-7-24-20-25(36-16-19-37(17-14-34)18-15-35)12-13-32(24,4)29(26)21-30(38)33(27,28)5/h22-30,36,38H,6-21,34-35H2,1-5H3/t23-,24?,25+,26?,27-,28?,29?,30+,32+,33-/m1/s1. The lowest BCUT2D eigenvalue weighted by atomic mass is 9.43. The average molecular weight is 563 g/mol. The van der Waals surface area contributed by atoms with Crippen molar-refractivity contribution in [1.82, 2.24) is 10.2 Å². The zero-order valence-electron chi connectivity index (χ0n) is 26.4. The largest absolute Gasteiger partial charge is 0.463 e. The summed E-state index contributed by atoms with van der Waals surface area (Å²) in [6, 6.07) is 0.602. The van der Waals surface area contributed by atoms with Crippen LogP contribution < -0.4 is 16.8 Å². The third-order valence-corrected chi connectivity index (χ3v) is 12.5. The van der Waals surface area contributed by atoms with Crippen LogP contribution in [0.5, 0.6) is 0 Å². The van der Waals surface area contributed by atoms with E-state index in [-0.39, 0.29) is 23.6 Å². The summed E-state index contributed by atoms with van der Waals surface area (Å²) < 4.78 is 5.40. The molecule has 6 N–H and O–H groups in total. The van der Waals surface area contributed by atoms with Crippen LogP contribution in [0.2, 0.25) is 0 Å². The molecule has 0 heterocycles. The molecule has 0 spiro atoms. The van der Waals surface area contributed by atoms with E-state index >= 15 is 0 Å². The number of aliphatic hydroxyl groups is 1. The summed E-state index contributed by atoms with van der Waals surface area (Å²) >= 11 is 0. The Hall–Kier alpha value is -0.730. The number of ether oxygens (including phenoxy) is 1. The Morgan fingerprint density at radius 3 is 2.40 bits per heavy atom. The number of nitrogens with zero attached hydrogens (tertiary/aromatic N) is 1. The van der Waals surface area contributed by atoms with Crippen molar-refractivity contribution in [2.75, 3.05) is 39.3 Å². The van der Waals surface area contributed by atoms with Gasteiger partial charge in [0, 0.05) is 51.7 Å². The molecule has 0 aromatic rings. The van der Waals surface area contributed by atoms with Gasteiger partial charge in [0.25, 0.3) is 0 Å². The van der Waals surface area contributed by atoms with Crippen molar-refractivity contribution in [3.63, 3.8) is 0 Å². The van der Waals surface area contributed by atoms with E-state index in [0.717, 1.165) is 50.9 Å². The molecule has 4 fully saturated rings. The molecule has 0 aliphatic heterocycles. The van der Waals surface area contributed by atoms with Gasteiger partial charge in [0.1, 0.15) is 0 Å². The van der Waals surface area contributed by atoms with Gasteiger partial charge < -0.3 is 26.6 Å². The second kappa shape index (κ2) is 13.7. The molecule has 4 unspecified atom stereocenters. The second-order valence-corrected chi connectivity index (χ2v) is 14.9. The first-order valence-electron chi connectivity index (χ1n) is 16.8. The van der Waals surface area contributed by atoms with E-state index in [9.17, 15) is 9.90 Å². The Labute approximate surface area is 244 Å². The van der Waals surface area contributed by atoms with Crippen molar-refractivity contribution < 1.29 is 14.6 Å². The van der Waals surface area contributed by atoms with E-state index in [1.807, 2.05) is 13.8 Å². The SMILES string of the molecule is CC(C)OC(=O)CC[C@@H](C)[C@H]1CCC2C3CCC4C[C@@H](NCCN(CCN)CCN)CC[C@]4(C)C3C[C@H](O)[C@@]21C. The maximum Gasteiger partial charge on any atom is 0.306 e. The van der Waals surface area contributed by atoms with Gasteiger partial charge in [0.2, 0.25) is 0 Å². The van der Waals surface area contributed by atoms with E-state index in [0.29, 0.717) is 54.6 Å². The summed E-state index contributed by atoms with van der Waals surface area (Å²) in [5.74, 6) is 3.59. The Morgan fingerprint density at radius 1 is 1.00 bits per heavy atom. The molecule has 0 saturated heterocycles. The van der Waals surface area contributed by atoms with Gasteiger partial charge >= 0.3 is 5.97 Å². The number of rotatable bonds is 13. The molecular formula is C33H62N4O3. The zero-order valence-corrected chi connectivity index (χ0v) is 26.4. The molecule has 0 radical (unpaired) electrons. The Kier molecular flexibility index (Phi) is 11.0. The first-order valence-corrected chi connectivity index (χ1v) is 16.8. The van der Waals surface area contributed by atoms with Crippen LogP contribution in [0, 0.1) is 46.3 Å². The number of carbonyl (C=O) groups is 1. The average Bonchev–Trinajstić information content (AvgIpc) is 3.26. The van der Waals surface area contributed by atoms with Crippen LogP contribution in [0.3, 0.4) is 0 Å². The van der Waals surface area contributed by atoms with Gasteiger partial charge in [-0.15, -0.1) is 0 Å². The van der Waals surface area contributed by atoms with Crippen LogP contribution in [0.1, 0.15) is 98.8 Å². The monoisotopic (exact) mass is 562 g/mol. The first kappa shape index (κ1) is 32.2. The van der Waals surface area contributed by atoms with E-state index in [1.165, 1.54) is 44.9 Å². The van der Waals surface area contributed by atoms with Gasteiger partial charge in [-0.3, -0.25) is 9.69 Å². The molecule has 10 atom stereocenters. The summed E-state index contributed by atoms with van der Waals surface area (Å²) in [6.45, 7) is 16.4. The fourth-order valence-electron chi connectivity index (χ4n) is 10.4. The third kappa shape index (κ3) is 6.59. The molecule has 232 valence electrons. The Bertz CT molecular complexity index is 820. The van der Waals surface area contributed by atoms with Crippen LogP contribution in [0.4, 0.5) is 0 Å². The molecule has 7 heteroatoms. The predicted molar refractivity (Wildman–Crippen MR) is 163 cm³/mol.